The number of esters is 1. The number of halogens is 7. The number of carbonyl (C=O) groups excluding carboxylic acids is 3. The number of rotatable bonds is 7. The minimum atomic E-state index is -5.08. The van der Waals surface area contributed by atoms with Crippen molar-refractivity contribution in [2.24, 2.45) is 0 Å². The second kappa shape index (κ2) is 21.3. The van der Waals surface area contributed by atoms with E-state index in [9.17, 15) is 40.7 Å². The molecule has 2 bridgehead atoms. The van der Waals surface area contributed by atoms with E-state index in [2.05, 4.69) is 36.5 Å². The fraction of sp³-hybridized carbons (Fsp3) is 0.343. The van der Waals surface area contributed by atoms with Crippen LogP contribution in [0.3, 0.4) is 0 Å². The van der Waals surface area contributed by atoms with Gasteiger partial charge in [0.2, 0.25) is 5.91 Å². The van der Waals surface area contributed by atoms with Crippen molar-refractivity contribution in [1.29, 1.82) is 0 Å². The third-order valence-electron chi connectivity index (χ3n) is 7.88. The van der Waals surface area contributed by atoms with Gasteiger partial charge in [-0.2, -0.15) is 31.0 Å². The lowest BCUT2D eigenvalue weighted by Gasteiger charge is -2.22. The van der Waals surface area contributed by atoms with Crippen LogP contribution in [0.25, 0.3) is 23.0 Å². The lowest BCUT2D eigenvalue weighted by molar-refractivity contribution is -0.193. The third kappa shape index (κ3) is 14.3. The number of alkyl halides is 6. The average molecular weight is 876 g/mol. The van der Waals surface area contributed by atoms with Crippen molar-refractivity contribution in [2.45, 2.75) is 64.0 Å². The maximum atomic E-state index is 13.3. The average Bonchev–Trinajstić information content (AvgIpc) is 3.84. The number of aromatic nitrogens is 6. The highest BCUT2D eigenvalue weighted by Crippen LogP contribution is 2.35. The summed E-state index contributed by atoms with van der Waals surface area (Å²) in [5, 5.41) is 35.1. The number of fused-ring (bicyclic) bond motifs is 4. The number of carboxylic acids is 2. The highest BCUT2D eigenvalue weighted by molar-refractivity contribution is 6.30. The van der Waals surface area contributed by atoms with Gasteiger partial charge in [0.1, 0.15) is 18.2 Å². The minimum absolute atomic E-state index is 0.240. The molecule has 25 heteroatoms. The summed E-state index contributed by atoms with van der Waals surface area (Å²) >= 11 is 6.23. The van der Waals surface area contributed by atoms with Crippen molar-refractivity contribution in [1.82, 2.24) is 35.5 Å². The van der Waals surface area contributed by atoms with Gasteiger partial charge in [0.05, 0.1) is 31.1 Å². The molecule has 0 unspecified atom stereocenters. The monoisotopic (exact) mass is 875 g/mol. The number of amides is 2. The van der Waals surface area contributed by atoms with Crippen molar-refractivity contribution in [3.05, 3.63) is 70.9 Å². The molecule has 4 aromatic rings. The van der Waals surface area contributed by atoms with E-state index in [-0.39, 0.29) is 18.5 Å². The molecule has 5 rings (SSSR count). The quantitative estimate of drug-likeness (QED) is 0.0683. The van der Waals surface area contributed by atoms with Gasteiger partial charge in [-0.25, -0.2) is 24.2 Å². The number of carboxylic acid groups (broad SMARTS) is 2. The van der Waals surface area contributed by atoms with Gasteiger partial charge in [0, 0.05) is 39.3 Å². The molecular formula is C35H36ClF6N9O9. The van der Waals surface area contributed by atoms with Crippen molar-refractivity contribution < 1.29 is 70.0 Å². The summed E-state index contributed by atoms with van der Waals surface area (Å²) in [7, 11) is 1.28. The smallest absolute Gasteiger partial charge is 0.475 e. The first-order valence-corrected chi connectivity index (χ1v) is 17.6. The topological polar surface area (TPSA) is 253 Å². The molecule has 3 heterocycles. The van der Waals surface area contributed by atoms with E-state index in [0.717, 1.165) is 5.69 Å². The van der Waals surface area contributed by atoms with Crippen LogP contribution in [0.2, 0.25) is 5.02 Å². The molecule has 0 radical (unpaired) electrons. The number of benzene rings is 2. The molecule has 2 aromatic carbocycles. The Kier molecular flexibility index (Phi) is 16.9. The second-order valence-electron chi connectivity index (χ2n) is 12.2. The molecule has 18 nitrogen and oxygen atoms in total. The molecule has 2 atom stereocenters. The highest BCUT2D eigenvalue weighted by atomic mass is 35.5. The molecule has 2 amide bonds. The van der Waals surface area contributed by atoms with E-state index < -0.39 is 42.5 Å². The Balaban J connectivity index is 0.000000589. The van der Waals surface area contributed by atoms with Crippen LogP contribution in [0, 0.1) is 6.92 Å². The molecule has 6 N–H and O–H groups in total. The third-order valence-corrected chi connectivity index (χ3v) is 8.11. The summed E-state index contributed by atoms with van der Waals surface area (Å²) in [6, 6.07) is 9.36. The second-order valence-corrected chi connectivity index (χ2v) is 12.6. The zero-order valence-corrected chi connectivity index (χ0v) is 32.3. The lowest BCUT2D eigenvalue weighted by atomic mass is 10.0. The molecule has 60 heavy (non-hydrogen) atoms. The van der Waals surface area contributed by atoms with E-state index in [1.165, 1.54) is 24.2 Å². The lowest BCUT2D eigenvalue weighted by Crippen LogP contribution is -2.32. The molecular weight excluding hydrogens is 840 g/mol. The number of aromatic amines is 1. The van der Waals surface area contributed by atoms with E-state index in [1.54, 1.807) is 49.4 Å². The Morgan fingerprint density at radius 3 is 2.23 bits per heavy atom. The predicted molar refractivity (Wildman–Crippen MR) is 199 cm³/mol. The molecule has 324 valence electrons. The highest BCUT2D eigenvalue weighted by Gasteiger charge is 2.39. The number of anilines is 2. The van der Waals surface area contributed by atoms with Crippen molar-refractivity contribution in [2.75, 3.05) is 24.4 Å². The van der Waals surface area contributed by atoms with Crippen LogP contribution in [0.1, 0.15) is 55.7 Å². The number of ether oxygens (including phenoxy) is 2. The first kappa shape index (κ1) is 47.7. The number of aliphatic carboxylic acids is 2. The van der Waals surface area contributed by atoms with Crippen LogP contribution in [0.15, 0.2) is 48.8 Å². The van der Waals surface area contributed by atoms with Gasteiger partial charge in [-0.15, -0.1) is 5.10 Å². The van der Waals surface area contributed by atoms with Crippen LogP contribution in [0.4, 0.5) is 42.5 Å². The van der Waals surface area contributed by atoms with Crippen molar-refractivity contribution >= 4 is 59.0 Å². The summed E-state index contributed by atoms with van der Waals surface area (Å²) in [4.78, 5) is 64.2. The number of carbonyl (C=O) groups is 5. The Bertz CT molecular complexity index is 2140. The molecule has 0 aliphatic carbocycles. The molecule has 0 saturated heterocycles. The van der Waals surface area contributed by atoms with Gasteiger partial charge in [0.25, 0.3) is 0 Å². The number of H-pyrrole nitrogens is 1. The number of methoxy groups -OCH3 is 1. The maximum Gasteiger partial charge on any atom is 0.490 e. The Labute approximate surface area is 340 Å². The molecule has 1 aliphatic heterocycles. The van der Waals surface area contributed by atoms with Crippen LogP contribution < -0.4 is 16.0 Å². The minimum Gasteiger partial charge on any atom is -0.475 e. The number of nitrogens with one attached hydrogen (secondary N) is 4. The Morgan fingerprint density at radius 2 is 1.65 bits per heavy atom. The molecule has 0 spiro atoms. The molecule has 2 aromatic heterocycles. The fourth-order valence-electron chi connectivity index (χ4n) is 5.21. The van der Waals surface area contributed by atoms with Gasteiger partial charge in [-0.3, -0.25) is 10.1 Å². The number of tetrazole rings is 1. The van der Waals surface area contributed by atoms with Crippen LogP contribution in [-0.4, -0.2) is 102 Å². The number of hydrogen-bond acceptors (Lipinski definition) is 12. The molecule has 0 fully saturated rings. The summed E-state index contributed by atoms with van der Waals surface area (Å²) in [6.07, 6.45) is -3.84. The Morgan fingerprint density at radius 1 is 1.00 bits per heavy atom. The van der Waals surface area contributed by atoms with E-state index in [4.69, 9.17) is 45.9 Å². The number of nitrogens with zero attached hydrogens (tertiary/aromatic N) is 5. The SMILES string of the molecule is CCOC(=O)[C@H]1CCCC[C@H](NC(=O)/C=C/c2cc(Cl)ccc2-n2cnnn2)c2nc(c(C)[nH]2)-c2ccc(NC(=O)OC)cc2N1.O=C(O)C(F)(F)F.O=C(O)C(F)(F)F. The van der Waals surface area contributed by atoms with Gasteiger partial charge in [0.15, 0.2) is 0 Å². The number of imidazole rings is 1. The molecule has 0 saturated carbocycles. The summed E-state index contributed by atoms with van der Waals surface area (Å²) < 4.78 is 75.1. The molecule has 1 aliphatic rings. The summed E-state index contributed by atoms with van der Waals surface area (Å²) in [6.45, 7) is 3.88. The standard InChI is InChI=1S/C31H34ClN9O5.2C2HF3O2/c1-4-46-30(43)24-8-6-5-7-23(37-27(42)14-9-19-15-20(32)10-13-26(19)41-17-33-39-40-41)29-34-18(2)28(38-29)22-12-11-21(16-25(22)36-24)35-31(44)45-3;2*3-2(4,5)1(6)7/h9-17,23-24,36H,4-8H2,1-3H3,(H,34,38)(H,35,44)(H,37,42);2*(H,6,7)/b14-9+;;/t23-,24+;;/m0../s1. The summed E-state index contributed by atoms with van der Waals surface area (Å²) in [5.41, 5.74) is 4.46. The van der Waals surface area contributed by atoms with Crippen LogP contribution in [0.5, 0.6) is 0 Å². The largest absolute Gasteiger partial charge is 0.490 e. The van der Waals surface area contributed by atoms with Crippen LogP contribution >= 0.6 is 11.6 Å². The van der Waals surface area contributed by atoms with Crippen molar-refractivity contribution in [3.8, 4) is 16.9 Å². The van der Waals surface area contributed by atoms with Gasteiger partial charge < -0.3 is 35.3 Å². The van der Waals surface area contributed by atoms with Gasteiger partial charge in [-0.05, 0) is 79.6 Å². The first-order valence-electron chi connectivity index (χ1n) is 17.2. The van der Waals surface area contributed by atoms with E-state index in [1.807, 2.05) is 6.92 Å². The maximum absolute atomic E-state index is 13.3. The predicted octanol–water partition coefficient (Wildman–Crippen LogP) is 6.25. The van der Waals surface area contributed by atoms with E-state index >= 15 is 0 Å². The van der Waals surface area contributed by atoms with Crippen LogP contribution in [-0.2, 0) is 28.7 Å². The fourth-order valence-corrected chi connectivity index (χ4v) is 5.39. The van der Waals surface area contributed by atoms with E-state index in [0.29, 0.717) is 70.4 Å². The Hall–Kier alpha value is -6.72. The zero-order valence-electron chi connectivity index (χ0n) is 31.5. The van der Waals surface area contributed by atoms with Gasteiger partial charge in [-0.1, -0.05) is 24.4 Å². The van der Waals surface area contributed by atoms with Gasteiger partial charge >= 0.3 is 36.4 Å². The normalized spacial score (nSPS) is 15.2. The first-order chi connectivity index (χ1) is 28.1. The van der Waals surface area contributed by atoms with Crippen molar-refractivity contribution in [3.63, 3.8) is 0 Å². The summed E-state index contributed by atoms with van der Waals surface area (Å²) in [5.74, 6) is -5.63. The number of hydrogen-bond donors (Lipinski definition) is 6. The zero-order chi connectivity index (χ0) is 44.8. The number of aryl methyl sites for hydroxylation is 1.